The van der Waals surface area contributed by atoms with Crippen molar-refractivity contribution in [2.75, 3.05) is 44.4 Å². The van der Waals surface area contributed by atoms with E-state index in [0.29, 0.717) is 30.4 Å². The molecule has 1 unspecified atom stereocenters. The molecule has 106 valence electrons. The fourth-order valence-corrected chi connectivity index (χ4v) is 2.86. The first-order valence-corrected chi connectivity index (χ1v) is 7.15. The van der Waals surface area contributed by atoms with Crippen LogP contribution in [0.3, 0.4) is 0 Å². The maximum atomic E-state index is 12.5. The van der Waals surface area contributed by atoms with Crippen LogP contribution in [0.5, 0.6) is 0 Å². The molecule has 1 aliphatic rings. The average molecular weight is 284 g/mol. The molecular weight excluding hydrogens is 264 g/mol. The van der Waals surface area contributed by atoms with Crippen molar-refractivity contribution in [1.29, 1.82) is 0 Å². The molecule has 0 bridgehead atoms. The fourth-order valence-electron chi connectivity index (χ4n) is 1.99. The third-order valence-corrected chi connectivity index (χ3v) is 4.19. The van der Waals surface area contributed by atoms with Crippen molar-refractivity contribution in [2.45, 2.75) is 19.4 Å². The monoisotopic (exact) mass is 284 g/mol. The second-order valence-corrected chi connectivity index (χ2v) is 5.87. The van der Waals surface area contributed by atoms with Gasteiger partial charge >= 0.3 is 0 Å². The average Bonchev–Trinajstić information content (AvgIpc) is 2.60. The standard InChI is InChI=1S/C12H20N4O2S/c1-8-7-16(5-4-6-18-8)11(17)9-10(13)14-12(19-9)15(2)3/h8H,4-7,13H2,1-3H3. The molecule has 1 aromatic heterocycles. The van der Waals surface area contributed by atoms with Crippen molar-refractivity contribution >= 4 is 28.2 Å². The molecule has 1 saturated heterocycles. The maximum Gasteiger partial charge on any atom is 0.267 e. The van der Waals surface area contributed by atoms with Crippen LogP contribution >= 0.6 is 11.3 Å². The van der Waals surface area contributed by atoms with Crippen LogP contribution in [-0.4, -0.2) is 55.7 Å². The van der Waals surface area contributed by atoms with Crippen LogP contribution in [0.1, 0.15) is 23.0 Å². The van der Waals surface area contributed by atoms with Crippen molar-refractivity contribution < 1.29 is 9.53 Å². The molecule has 2 N–H and O–H groups in total. The molecule has 0 aliphatic carbocycles. The molecule has 0 aromatic carbocycles. The summed E-state index contributed by atoms with van der Waals surface area (Å²) in [5.41, 5.74) is 5.85. The lowest BCUT2D eigenvalue weighted by molar-refractivity contribution is 0.0566. The second kappa shape index (κ2) is 5.75. The number of aromatic nitrogens is 1. The van der Waals surface area contributed by atoms with Gasteiger partial charge in [-0.15, -0.1) is 0 Å². The molecule has 6 nitrogen and oxygen atoms in total. The van der Waals surface area contributed by atoms with Gasteiger partial charge in [-0.05, 0) is 13.3 Å². The summed E-state index contributed by atoms with van der Waals surface area (Å²) in [6.07, 6.45) is 0.920. The topological polar surface area (TPSA) is 71.7 Å². The first-order chi connectivity index (χ1) is 8.99. The zero-order valence-electron chi connectivity index (χ0n) is 11.5. The first-order valence-electron chi connectivity index (χ1n) is 6.33. The summed E-state index contributed by atoms with van der Waals surface area (Å²) in [4.78, 5) is 20.9. The van der Waals surface area contributed by atoms with Gasteiger partial charge in [-0.1, -0.05) is 11.3 Å². The predicted octanol–water partition coefficient (Wildman–Crippen LogP) is 1.04. The highest BCUT2D eigenvalue weighted by Crippen LogP contribution is 2.28. The Morgan fingerprint density at radius 3 is 2.95 bits per heavy atom. The molecule has 1 aliphatic heterocycles. The predicted molar refractivity (Wildman–Crippen MR) is 76.8 cm³/mol. The Balaban J connectivity index is 2.18. The summed E-state index contributed by atoms with van der Waals surface area (Å²) in [5.74, 6) is 0.275. The quantitative estimate of drug-likeness (QED) is 0.878. The number of ether oxygens (including phenoxy) is 1. The summed E-state index contributed by atoms with van der Waals surface area (Å²) in [6, 6.07) is 0. The molecule has 2 heterocycles. The van der Waals surface area contributed by atoms with Gasteiger partial charge in [0.2, 0.25) is 0 Å². The highest BCUT2D eigenvalue weighted by molar-refractivity contribution is 7.18. The molecule has 0 saturated carbocycles. The SMILES string of the molecule is CC1CN(C(=O)c2sc(N(C)C)nc2N)CCCO1. The van der Waals surface area contributed by atoms with E-state index >= 15 is 0 Å². The van der Waals surface area contributed by atoms with Gasteiger partial charge in [0.05, 0.1) is 6.10 Å². The summed E-state index contributed by atoms with van der Waals surface area (Å²) in [5, 5.41) is 0.750. The minimum atomic E-state index is -0.0412. The van der Waals surface area contributed by atoms with Gasteiger partial charge in [0, 0.05) is 33.8 Å². The number of thiazole rings is 1. The molecule has 1 atom stereocenters. The number of hydrogen-bond acceptors (Lipinski definition) is 6. The summed E-state index contributed by atoms with van der Waals surface area (Å²) < 4.78 is 5.55. The van der Waals surface area contributed by atoms with Crippen molar-refractivity contribution in [3.8, 4) is 0 Å². The van der Waals surface area contributed by atoms with Gasteiger partial charge in [-0.3, -0.25) is 4.79 Å². The van der Waals surface area contributed by atoms with Gasteiger partial charge in [0.25, 0.3) is 5.91 Å². The molecule has 0 radical (unpaired) electrons. The van der Waals surface area contributed by atoms with Gasteiger partial charge in [0.1, 0.15) is 10.7 Å². The number of carbonyl (C=O) groups is 1. The van der Waals surface area contributed by atoms with Crippen molar-refractivity contribution in [1.82, 2.24) is 9.88 Å². The lowest BCUT2D eigenvalue weighted by atomic mass is 10.3. The van der Waals surface area contributed by atoms with Crippen molar-refractivity contribution in [3.63, 3.8) is 0 Å². The Morgan fingerprint density at radius 1 is 1.58 bits per heavy atom. The van der Waals surface area contributed by atoms with Crippen LogP contribution in [0.25, 0.3) is 0 Å². The Kier molecular flexibility index (Phi) is 4.26. The van der Waals surface area contributed by atoms with E-state index in [4.69, 9.17) is 10.5 Å². The largest absolute Gasteiger partial charge is 0.382 e. The summed E-state index contributed by atoms with van der Waals surface area (Å²) >= 11 is 1.34. The number of amides is 1. The van der Waals surface area contributed by atoms with E-state index in [2.05, 4.69) is 4.98 Å². The number of nitrogen functional groups attached to an aromatic ring is 1. The molecule has 1 fully saturated rings. The highest BCUT2D eigenvalue weighted by Gasteiger charge is 2.25. The second-order valence-electron chi connectivity index (χ2n) is 4.89. The van der Waals surface area contributed by atoms with E-state index in [0.717, 1.165) is 11.6 Å². The van der Waals surface area contributed by atoms with Gasteiger partial charge in [-0.25, -0.2) is 4.98 Å². The first kappa shape index (κ1) is 14.1. The van der Waals surface area contributed by atoms with Crippen LogP contribution in [-0.2, 0) is 4.74 Å². The molecular formula is C12H20N4O2S. The number of carbonyl (C=O) groups excluding carboxylic acids is 1. The number of nitrogens with zero attached hydrogens (tertiary/aromatic N) is 3. The van der Waals surface area contributed by atoms with Crippen molar-refractivity contribution in [2.24, 2.45) is 0 Å². The third kappa shape index (κ3) is 3.16. The molecule has 2 rings (SSSR count). The minimum absolute atomic E-state index is 0.0412. The number of rotatable bonds is 2. The molecule has 1 aromatic rings. The van der Waals surface area contributed by atoms with E-state index < -0.39 is 0 Å². The molecule has 0 spiro atoms. The molecule has 1 amide bonds. The lowest BCUT2D eigenvalue weighted by Gasteiger charge is -2.21. The Hall–Kier alpha value is -1.34. The van der Waals surface area contributed by atoms with E-state index in [1.807, 2.05) is 25.9 Å². The van der Waals surface area contributed by atoms with E-state index in [1.165, 1.54) is 11.3 Å². The highest BCUT2D eigenvalue weighted by atomic mass is 32.1. The van der Waals surface area contributed by atoms with E-state index in [9.17, 15) is 4.79 Å². The fraction of sp³-hybridized carbons (Fsp3) is 0.667. The van der Waals surface area contributed by atoms with E-state index in [-0.39, 0.29) is 12.0 Å². The number of hydrogen-bond donors (Lipinski definition) is 1. The number of nitrogens with two attached hydrogens (primary N) is 1. The zero-order valence-corrected chi connectivity index (χ0v) is 12.4. The van der Waals surface area contributed by atoms with Gasteiger partial charge in [0.15, 0.2) is 5.13 Å². The molecule has 7 heteroatoms. The normalized spacial score (nSPS) is 20.2. The Bertz CT molecular complexity index is 461. The molecule has 19 heavy (non-hydrogen) atoms. The smallest absolute Gasteiger partial charge is 0.267 e. The summed E-state index contributed by atoms with van der Waals surface area (Å²) in [7, 11) is 3.77. The third-order valence-electron chi connectivity index (χ3n) is 2.96. The minimum Gasteiger partial charge on any atom is -0.382 e. The Morgan fingerprint density at radius 2 is 2.32 bits per heavy atom. The van der Waals surface area contributed by atoms with Crippen LogP contribution < -0.4 is 10.6 Å². The van der Waals surface area contributed by atoms with E-state index in [1.54, 1.807) is 4.90 Å². The van der Waals surface area contributed by atoms with Crippen molar-refractivity contribution in [3.05, 3.63) is 4.88 Å². The summed E-state index contributed by atoms with van der Waals surface area (Å²) in [6.45, 7) is 3.99. The van der Waals surface area contributed by atoms with Gasteiger partial charge < -0.3 is 20.3 Å². The Labute approximate surface area is 117 Å². The van der Waals surface area contributed by atoms with Crippen LogP contribution in [0.2, 0.25) is 0 Å². The van der Waals surface area contributed by atoms with Crippen LogP contribution in [0, 0.1) is 0 Å². The zero-order chi connectivity index (χ0) is 14.0. The van der Waals surface area contributed by atoms with Crippen LogP contribution in [0.4, 0.5) is 10.9 Å². The van der Waals surface area contributed by atoms with Gasteiger partial charge in [-0.2, -0.15) is 0 Å². The number of anilines is 2. The lowest BCUT2D eigenvalue weighted by Crippen LogP contribution is -2.35. The maximum absolute atomic E-state index is 12.5. The van der Waals surface area contributed by atoms with Crippen LogP contribution in [0.15, 0.2) is 0 Å².